The molecular formula is C27H34N4O4. The summed E-state index contributed by atoms with van der Waals surface area (Å²) in [7, 11) is 1.94. The van der Waals surface area contributed by atoms with Crippen molar-refractivity contribution in [1.29, 1.82) is 0 Å². The maximum Gasteiger partial charge on any atom is 0.219 e. The fraction of sp³-hybridized carbons (Fsp3) is 0.407. The molecule has 0 bridgehead atoms. The first-order valence-corrected chi connectivity index (χ1v) is 11.9. The molecule has 1 atom stereocenters. The van der Waals surface area contributed by atoms with Gasteiger partial charge in [0.15, 0.2) is 0 Å². The van der Waals surface area contributed by atoms with Gasteiger partial charge in [0.1, 0.15) is 36.1 Å². The van der Waals surface area contributed by atoms with Gasteiger partial charge in [-0.1, -0.05) is 29.8 Å². The van der Waals surface area contributed by atoms with Crippen LogP contribution in [0.25, 0.3) is 0 Å². The van der Waals surface area contributed by atoms with Crippen molar-refractivity contribution in [1.82, 2.24) is 19.4 Å². The SMILES string of the molecule is CC(=O)N1CCN(Cc2ccc(OCc3nccn3C)cc2)CC(O)(COc2ccc(C)cc2)C1. The third-order valence-electron chi connectivity index (χ3n) is 6.28. The highest BCUT2D eigenvalue weighted by atomic mass is 16.5. The Balaban J connectivity index is 1.39. The summed E-state index contributed by atoms with van der Waals surface area (Å²) < 4.78 is 13.7. The summed E-state index contributed by atoms with van der Waals surface area (Å²) in [6.07, 6.45) is 3.65. The molecule has 0 aliphatic carbocycles. The number of imidazole rings is 1. The number of aromatic nitrogens is 2. The van der Waals surface area contributed by atoms with Crippen LogP contribution in [0.5, 0.6) is 11.5 Å². The molecule has 0 radical (unpaired) electrons. The number of carbonyl (C=O) groups excluding carboxylic acids is 1. The molecule has 1 aliphatic rings. The van der Waals surface area contributed by atoms with Crippen LogP contribution in [0.1, 0.15) is 23.9 Å². The smallest absolute Gasteiger partial charge is 0.219 e. The van der Waals surface area contributed by atoms with Crippen molar-refractivity contribution >= 4 is 5.91 Å². The molecule has 1 aliphatic heterocycles. The highest BCUT2D eigenvalue weighted by Crippen LogP contribution is 2.21. The molecule has 186 valence electrons. The summed E-state index contributed by atoms with van der Waals surface area (Å²) in [5.41, 5.74) is 1.07. The second kappa shape index (κ2) is 10.9. The molecule has 1 aromatic heterocycles. The predicted octanol–water partition coefficient (Wildman–Crippen LogP) is 2.78. The van der Waals surface area contributed by atoms with Crippen LogP contribution in [0.4, 0.5) is 0 Å². The summed E-state index contributed by atoms with van der Waals surface area (Å²) in [6.45, 7) is 6.60. The van der Waals surface area contributed by atoms with Gasteiger partial charge in [-0.05, 0) is 36.8 Å². The first kappa shape index (κ1) is 24.8. The Kier molecular flexibility index (Phi) is 7.73. The van der Waals surface area contributed by atoms with Crippen molar-refractivity contribution in [3.63, 3.8) is 0 Å². The van der Waals surface area contributed by atoms with E-state index < -0.39 is 5.60 Å². The van der Waals surface area contributed by atoms with E-state index in [9.17, 15) is 9.90 Å². The summed E-state index contributed by atoms with van der Waals surface area (Å²) >= 11 is 0. The van der Waals surface area contributed by atoms with E-state index >= 15 is 0 Å². The second-order valence-corrected chi connectivity index (χ2v) is 9.36. The number of amides is 1. The van der Waals surface area contributed by atoms with Crippen molar-refractivity contribution in [3.05, 3.63) is 77.9 Å². The average molecular weight is 479 g/mol. The Morgan fingerprint density at radius 3 is 2.37 bits per heavy atom. The number of benzene rings is 2. The molecule has 1 saturated heterocycles. The lowest BCUT2D eigenvalue weighted by atomic mass is 10.0. The molecule has 8 heteroatoms. The average Bonchev–Trinajstić information content (AvgIpc) is 3.17. The number of hydrogen-bond acceptors (Lipinski definition) is 6. The lowest BCUT2D eigenvalue weighted by Crippen LogP contribution is -2.51. The van der Waals surface area contributed by atoms with E-state index in [0.29, 0.717) is 38.5 Å². The molecule has 4 rings (SSSR count). The maximum absolute atomic E-state index is 12.2. The van der Waals surface area contributed by atoms with Gasteiger partial charge < -0.3 is 24.0 Å². The summed E-state index contributed by atoms with van der Waals surface area (Å²) in [4.78, 5) is 20.3. The minimum absolute atomic E-state index is 0.0465. The molecule has 0 saturated carbocycles. The zero-order valence-corrected chi connectivity index (χ0v) is 20.7. The van der Waals surface area contributed by atoms with Crippen molar-refractivity contribution in [2.75, 3.05) is 32.8 Å². The lowest BCUT2D eigenvalue weighted by molar-refractivity contribution is -0.132. The number of β-amino-alcohol motifs (C(OH)–C–C–N with tert-alkyl or cyclic N) is 1. The van der Waals surface area contributed by atoms with Crippen LogP contribution in [0.3, 0.4) is 0 Å². The molecule has 1 unspecified atom stereocenters. The quantitative estimate of drug-likeness (QED) is 0.536. The monoisotopic (exact) mass is 478 g/mol. The number of hydrogen-bond donors (Lipinski definition) is 1. The Morgan fingerprint density at radius 1 is 1.03 bits per heavy atom. The summed E-state index contributed by atoms with van der Waals surface area (Å²) in [5, 5.41) is 11.5. The van der Waals surface area contributed by atoms with Crippen LogP contribution in [-0.4, -0.2) is 68.8 Å². The normalized spacial score (nSPS) is 18.8. The summed E-state index contributed by atoms with van der Waals surface area (Å²) in [5.74, 6) is 2.30. The van der Waals surface area contributed by atoms with Gasteiger partial charge >= 0.3 is 0 Å². The zero-order chi connectivity index (χ0) is 24.8. The molecule has 1 N–H and O–H groups in total. The number of aryl methyl sites for hydroxylation is 2. The molecule has 1 fully saturated rings. The maximum atomic E-state index is 12.2. The van der Waals surface area contributed by atoms with Gasteiger partial charge in [-0.25, -0.2) is 4.98 Å². The van der Waals surface area contributed by atoms with E-state index in [4.69, 9.17) is 9.47 Å². The van der Waals surface area contributed by atoms with Crippen LogP contribution in [0.2, 0.25) is 0 Å². The second-order valence-electron chi connectivity index (χ2n) is 9.36. The largest absolute Gasteiger partial charge is 0.490 e. The lowest BCUT2D eigenvalue weighted by Gasteiger charge is -2.32. The molecule has 2 heterocycles. The van der Waals surface area contributed by atoms with Gasteiger partial charge in [-0.15, -0.1) is 0 Å². The zero-order valence-electron chi connectivity index (χ0n) is 20.7. The van der Waals surface area contributed by atoms with Crippen LogP contribution >= 0.6 is 0 Å². The highest BCUT2D eigenvalue weighted by molar-refractivity contribution is 5.73. The Morgan fingerprint density at radius 2 is 1.71 bits per heavy atom. The van der Waals surface area contributed by atoms with Gasteiger partial charge in [-0.2, -0.15) is 0 Å². The van der Waals surface area contributed by atoms with Crippen LogP contribution in [0.15, 0.2) is 60.9 Å². The highest BCUT2D eigenvalue weighted by Gasteiger charge is 2.36. The summed E-state index contributed by atoms with van der Waals surface area (Å²) in [6, 6.07) is 15.7. The third-order valence-corrected chi connectivity index (χ3v) is 6.28. The van der Waals surface area contributed by atoms with E-state index in [1.54, 1.807) is 18.0 Å². The molecule has 3 aromatic rings. The minimum atomic E-state index is -1.18. The fourth-order valence-corrected chi connectivity index (χ4v) is 4.22. The molecule has 0 spiro atoms. The van der Waals surface area contributed by atoms with E-state index in [0.717, 1.165) is 22.7 Å². The van der Waals surface area contributed by atoms with E-state index in [-0.39, 0.29) is 19.1 Å². The van der Waals surface area contributed by atoms with Crippen molar-refractivity contribution in [2.45, 2.75) is 32.6 Å². The standard InChI is InChI=1S/C27H34N4O4/c1-21-4-8-25(9-5-21)35-20-27(33)18-30(14-15-31(19-27)22(2)32)16-23-6-10-24(11-7-23)34-17-26-28-12-13-29(26)3/h4-13,33H,14-20H2,1-3H3. The van der Waals surface area contributed by atoms with Crippen molar-refractivity contribution < 1.29 is 19.4 Å². The topological polar surface area (TPSA) is 80.1 Å². The van der Waals surface area contributed by atoms with Gasteiger partial charge in [0.2, 0.25) is 5.91 Å². The number of ether oxygens (including phenoxy) is 2. The first-order chi connectivity index (χ1) is 16.8. The third kappa shape index (κ3) is 6.83. The van der Waals surface area contributed by atoms with Crippen LogP contribution in [0, 0.1) is 6.92 Å². The van der Waals surface area contributed by atoms with Gasteiger partial charge in [-0.3, -0.25) is 9.69 Å². The first-order valence-electron chi connectivity index (χ1n) is 11.9. The van der Waals surface area contributed by atoms with E-state index in [2.05, 4.69) is 9.88 Å². The molecule has 8 nitrogen and oxygen atoms in total. The van der Waals surface area contributed by atoms with Crippen LogP contribution < -0.4 is 9.47 Å². The van der Waals surface area contributed by atoms with Crippen molar-refractivity contribution in [3.8, 4) is 11.5 Å². The van der Waals surface area contributed by atoms with E-state index in [1.807, 2.05) is 73.3 Å². The number of carbonyl (C=O) groups is 1. The molecule has 35 heavy (non-hydrogen) atoms. The number of aliphatic hydroxyl groups is 1. The predicted molar refractivity (Wildman–Crippen MR) is 133 cm³/mol. The Hall–Kier alpha value is -3.36. The fourth-order valence-electron chi connectivity index (χ4n) is 4.22. The van der Waals surface area contributed by atoms with Gasteiger partial charge in [0.25, 0.3) is 0 Å². The number of nitrogens with zero attached hydrogens (tertiary/aromatic N) is 4. The minimum Gasteiger partial charge on any atom is -0.490 e. The molecule has 2 aromatic carbocycles. The van der Waals surface area contributed by atoms with Crippen LogP contribution in [-0.2, 0) is 25.0 Å². The molecule has 1 amide bonds. The Bertz CT molecular complexity index is 1110. The van der Waals surface area contributed by atoms with E-state index in [1.165, 1.54) is 0 Å². The molecular weight excluding hydrogens is 444 g/mol. The Labute approximate surface area is 206 Å². The van der Waals surface area contributed by atoms with Gasteiger partial charge in [0, 0.05) is 52.5 Å². The van der Waals surface area contributed by atoms with Gasteiger partial charge in [0.05, 0.1) is 6.54 Å². The van der Waals surface area contributed by atoms with Crippen molar-refractivity contribution in [2.24, 2.45) is 7.05 Å². The number of rotatable bonds is 8.